The molecule has 0 radical (unpaired) electrons. The van der Waals surface area contributed by atoms with E-state index in [1.54, 1.807) is 19.2 Å². The average Bonchev–Trinajstić information content (AvgIpc) is 2.19. The van der Waals surface area contributed by atoms with Crippen molar-refractivity contribution < 1.29 is 4.74 Å². The number of benzene rings is 1. The second kappa shape index (κ2) is 4.78. The van der Waals surface area contributed by atoms with Crippen molar-refractivity contribution in [3.05, 3.63) is 24.3 Å². The summed E-state index contributed by atoms with van der Waals surface area (Å²) in [6.45, 7) is 0. The van der Waals surface area contributed by atoms with Crippen LogP contribution in [0.15, 0.2) is 29.4 Å². The van der Waals surface area contributed by atoms with Crippen LogP contribution in [0.2, 0.25) is 0 Å². The molecule has 13 heavy (non-hydrogen) atoms. The Kier molecular flexibility index (Phi) is 3.33. The molecule has 0 aliphatic carbocycles. The summed E-state index contributed by atoms with van der Waals surface area (Å²) in [5, 5.41) is 11.8. The predicted molar refractivity (Wildman–Crippen MR) is 50.7 cm³/mol. The molecule has 0 unspecified atom stereocenters. The number of nitrogens with zero attached hydrogens (tertiary/aromatic N) is 2. The van der Waals surface area contributed by atoms with Crippen LogP contribution in [0.25, 0.3) is 0 Å². The van der Waals surface area contributed by atoms with Gasteiger partial charge in [0.1, 0.15) is 18.0 Å². The van der Waals surface area contributed by atoms with Crippen molar-refractivity contribution >= 4 is 11.9 Å². The van der Waals surface area contributed by atoms with Crippen LogP contribution in [0, 0.1) is 11.3 Å². The van der Waals surface area contributed by atoms with E-state index in [1.807, 2.05) is 18.2 Å². The third-order valence-corrected chi connectivity index (χ3v) is 1.39. The van der Waals surface area contributed by atoms with E-state index in [0.29, 0.717) is 0 Å². The lowest BCUT2D eigenvalue weighted by Gasteiger charge is -2.02. The number of nitrogens with one attached hydrogen (secondary N) is 1. The van der Waals surface area contributed by atoms with Gasteiger partial charge in [-0.3, -0.25) is 5.43 Å². The SMILES string of the molecule is COc1cccc(NN=CC#N)c1. The maximum absolute atomic E-state index is 8.18. The highest BCUT2D eigenvalue weighted by Crippen LogP contribution is 2.16. The fraction of sp³-hybridized carbons (Fsp3) is 0.111. The smallest absolute Gasteiger partial charge is 0.124 e. The molecular weight excluding hydrogens is 166 g/mol. The number of hydrazone groups is 1. The lowest BCUT2D eigenvalue weighted by atomic mass is 10.3. The summed E-state index contributed by atoms with van der Waals surface area (Å²) in [6, 6.07) is 9.07. The van der Waals surface area contributed by atoms with Crippen LogP contribution in [0.3, 0.4) is 0 Å². The molecule has 0 saturated carbocycles. The van der Waals surface area contributed by atoms with Crippen molar-refractivity contribution in [1.82, 2.24) is 0 Å². The first kappa shape index (κ1) is 9.07. The Bertz CT molecular complexity index is 341. The molecule has 0 bridgehead atoms. The van der Waals surface area contributed by atoms with Crippen molar-refractivity contribution in [3.8, 4) is 11.8 Å². The summed E-state index contributed by atoms with van der Waals surface area (Å²) in [6.07, 6.45) is 1.12. The molecule has 0 amide bonds. The van der Waals surface area contributed by atoms with Gasteiger partial charge in [-0.15, -0.1) is 0 Å². The second-order valence-corrected chi connectivity index (χ2v) is 2.23. The van der Waals surface area contributed by atoms with E-state index in [0.717, 1.165) is 17.7 Å². The first-order chi connectivity index (χ1) is 6.36. The summed E-state index contributed by atoms with van der Waals surface area (Å²) in [5.74, 6) is 0.747. The number of methoxy groups -OCH3 is 1. The number of rotatable bonds is 3. The van der Waals surface area contributed by atoms with Gasteiger partial charge in [-0.05, 0) is 12.1 Å². The molecule has 0 aliphatic heterocycles. The number of hydrogen-bond acceptors (Lipinski definition) is 4. The highest BCUT2D eigenvalue weighted by molar-refractivity contribution is 5.75. The van der Waals surface area contributed by atoms with Gasteiger partial charge in [0.2, 0.25) is 0 Å². The van der Waals surface area contributed by atoms with E-state index >= 15 is 0 Å². The molecule has 4 nitrogen and oxygen atoms in total. The summed E-state index contributed by atoms with van der Waals surface area (Å²) in [4.78, 5) is 0. The highest BCUT2D eigenvalue weighted by atomic mass is 16.5. The Balaban J connectivity index is 2.67. The minimum absolute atomic E-state index is 0.747. The zero-order valence-corrected chi connectivity index (χ0v) is 7.19. The van der Waals surface area contributed by atoms with Crippen LogP contribution < -0.4 is 10.2 Å². The largest absolute Gasteiger partial charge is 0.497 e. The van der Waals surface area contributed by atoms with Gasteiger partial charge in [-0.25, -0.2) is 0 Å². The van der Waals surface area contributed by atoms with Gasteiger partial charge in [0.05, 0.1) is 12.8 Å². The third kappa shape index (κ3) is 2.83. The molecule has 0 heterocycles. The summed E-state index contributed by atoms with van der Waals surface area (Å²) < 4.78 is 5.00. The molecule has 1 rings (SSSR count). The minimum Gasteiger partial charge on any atom is -0.497 e. The molecule has 1 aromatic rings. The normalized spacial score (nSPS) is 9.54. The minimum atomic E-state index is 0.747. The molecule has 0 atom stereocenters. The monoisotopic (exact) mass is 175 g/mol. The van der Waals surface area contributed by atoms with Crippen molar-refractivity contribution in [3.63, 3.8) is 0 Å². The Hall–Kier alpha value is -2.02. The van der Waals surface area contributed by atoms with Crippen LogP contribution >= 0.6 is 0 Å². The zero-order valence-electron chi connectivity index (χ0n) is 7.19. The molecule has 66 valence electrons. The first-order valence-electron chi connectivity index (χ1n) is 3.68. The summed E-state index contributed by atoms with van der Waals surface area (Å²) in [5.41, 5.74) is 3.47. The van der Waals surface area contributed by atoms with Crippen LogP contribution in [-0.2, 0) is 0 Å². The molecule has 0 fully saturated rings. The van der Waals surface area contributed by atoms with Gasteiger partial charge in [-0.2, -0.15) is 10.4 Å². The quantitative estimate of drug-likeness (QED) is 0.561. The molecule has 0 aliphatic rings. The third-order valence-electron chi connectivity index (χ3n) is 1.39. The topological polar surface area (TPSA) is 57.4 Å². The van der Waals surface area contributed by atoms with Crippen molar-refractivity contribution in [2.75, 3.05) is 12.5 Å². The van der Waals surface area contributed by atoms with Crippen LogP contribution in [-0.4, -0.2) is 13.3 Å². The highest BCUT2D eigenvalue weighted by Gasteiger charge is 1.91. The van der Waals surface area contributed by atoms with E-state index < -0.39 is 0 Å². The second-order valence-electron chi connectivity index (χ2n) is 2.23. The van der Waals surface area contributed by atoms with Gasteiger partial charge in [-0.1, -0.05) is 6.07 Å². The number of anilines is 1. The van der Waals surface area contributed by atoms with Crippen molar-refractivity contribution in [2.45, 2.75) is 0 Å². The van der Waals surface area contributed by atoms with E-state index in [1.165, 1.54) is 0 Å². The Morgan fingerprint density at radius 1 is 1.62 bits per heavy atom. The summed E-state index contributed by atoms with van der Waals surface area (Å²) >= 11 is 0. The molecular formula is C9H9N3O. The maximum Gasteiger partial charge on any atom is 0.124 e. The molecule has 1 N–H and O–H groups in total. The van der Waals surface area contributed by atoms with Gasteiger partial charge < -0.3 is 4.74 Å². The Morgan fingerprint density at radius 3 is 3.15 bits per heavy atom. The lowest BCUT2D eigenvalue weighted by Crippen LogP contribution is -1.89. The molecule has 1 aromatic carbocycles. The molecule has 0 spiro atoms. The number of ether oxygens (including phenoxy) is 1. The first-order valence-corrected chi connectivity index (χ1v) is 3.68. The number of hydrogen-bond donors (Lipinski definition) is 1. The van der Waals surface area contributed by atoms with E-state index in [2.05, 4.69) is 10.5 Å². The van der Waals surface area contributed by atoms with Crippen LogP contribution in [0.4, 0.5) is 5.69 Å². The maximum atomic E-state index is 8.18. The Labute approximate surface area is 76.4 Å². The van der Waals surface area contributed by atoms with E-state index in [9.17, 15) is 0 Å². The average molecular weight is 175 g/mol. The van der Waals surface area contributed by atoms with Crippen LogP contribution in [0.1, 0.15) is 0 Å². The van der Waals surface area contributed by atoms with Gasteiger partial charge in [0, 0.05) is 6.07 Å². The standard InChI is InChI=1S/C9H9N3O/c1-13-9-4-2-3-8(7-9)12-11-6-5-10/h2-4,6-7,12H,1H3. The predicted octanol–water partition coefficient (Wildman–Crippen LogP) is 1.62. The van der Waals surface area contributed by atoms with Gasteiger partial charge in [0.25, 0.3) is 0 Å². The van der Waals surface area contributed by atoms with E-state index in [-0.39, 0.29) is 0 Å². The van der Waals surface area contributed by atoms with E-state index in [4.69, 9.17) is 10.00 Å². The molecule has 0 saturated heterocycles. The zero-order chi connectivity index (χ0) is 9.52. The summed E-state index contributed by atoms with van der Waals surface area (Å²) in [7, 11) is 1.59. The van der Waals surface area contributed by atoms with Crippen molar-refractivity contribution in [1.29, 1.82) is 5.26 Å². The van der Waals surface area contributed by atoms with Gasteiger partial charge >= 0.3 is 0 Å². The Morgan fingerprint density at radius 2 is 2.46 bits per heavy atom. The van der Waals surface area contributed by atoms with Gasteiger partial charge in [0.15, 0.2) is 0 Å². The molecule has 4 heteroatoms. The van der Waals surface area contributed by atoms with Crippen LogP contribution in [0.5, 0.6) is 5.75 Å². The van der Waals surface area contributed by atoms with Crippen molar-refractivity contribution in [2.24, 2.45) is 5.10 Å². The molecule has 0 aromatic heterocycles. The fourth-order valence-electron chi connectivity index (χ4n) is 0.828. The number of nitriles is 1. The lowest BCUT2D eigenvalue weighted by molar-refractivity contribution is 0.415. The fourth-order valence-corrected chi connectivity index (χ4v) is 0.828.